The van der Waals surface area contributed by atoms with Gasteiger partial charge in [0.2, 0.25) is 0 Å². The van der Waals surface area contributed by atoms with Crippen LogP contribution < -0.4 is 4.90 Å². The number of hydrogen-bond donors (Lipinski definition) is 0. The van der Waals surface area contributed by atoms with E-state index in [1.807, 2.05) is 6.20 Å². The molecule has 0 radical (unpaired) electrons. The largest absolute Gasteiger partial charge is 0.379 e. The number of anilines is 1. The van der Waals surface area contributed by atoms with Crippen LogP contribution in [0.15, 0.2) is 42.6 Å². The number of ether oxygens (including phenoxy) is 1. The molecule has 0 amide bonds. The minimum absolute atomic E-state index is 0.842. The van der Waals surface area contributed by atoms with Crippen molar-refractivity contribution in [3.8, 4) is 11.3 Å². The molecule has 4 nitrogen and oxygen atoms in total. The van der Waals surface area contributed by atoms with Crippen LogP contribution in [0.5, 0.6) is 0 Å². The summed E-state index contributed by atoms with van der Waals surface area (Å²) in [5, 5.41) is 0. The van der Waals surface area contributed by atoms with Crippen LogP contribution in [-0.2, 0) is 11.3 Å². The van der Waals surface area contributed by atoms with Crippen molar-refractivity contribution in [3.05, 3.63) is 48.2 Å². The SMILES string of the molecule is c1cc(-c2ccc(N3CCCC3)cc2)ncc1CN1CCOCC1. The number of rotatable bonds is 4. The van der Waals surface area contributed by atoms with Gasteiger partial charge in [-0.3, -0.25) is 9.88 Å². The lowest BCUT2D eigenvalue weighted by atomic mass is 10.1. The molecule has 0 bridgehead atoms. The van der Waals surface area contributed by atoms with E-state index in [4.69, 9.17) is 4.74 Å². The second-order valence-electron chi connectivity index (χ2n) is 6.68. The van der Waals surface area contributed by atoms with Crippen molar-refractivity contribution in [2.75, 3.05) is 44.3 Å². The molecule has 0 saturated carbocycles. The molecule has 24 heavy (non-hydrogen) atoms. The standard InChI is InChI=1S/C20H25N3O/c1-2-10-23(9-1)19-6-4-18(5-7-19)20-8-3-17(15-21-20)16-22-11-13-24-14-12-22/h3-8,15H,1-2,9-14,16H2. The molecule has 0 atom stereocenters. The monoisotopic (exact) mass is 323 g/mol. The topological polar surface area (TPSA) is 28.6 Å². The minimum atomic E-state index is 0.842. The first-order valence-corrected chi connectivity index (χ1v) is 8.99. The molecule has 2 aromatic rings. The zero-order valence-corrected chi connectivity index (χ0v) is 14.2. The van der Waals surface area contributed by atoms with Gasteiger partial charge in [-0.25, -0.2) is 0 Å². The Kier molecular flexibility index (Phi) is 4.76. The number of aromatic nitrogens is 1. The highest BCUT2D eigenvalue weighted by molar-refractivity contribution is 5.63. The van der Waals surface area contributed by atoms with Gasteiger partial charge in [0, 0.05) is 50.2 Å². The molecule has 0 spiro atoms. The van der Waals surface area contributed by atoms with Gasteiger partial charge in [-0.15, -0.1) is 0 Å². The normalized spacial score (nSPS) is 18.9. The number of nitrogens with zero attached hydrogens (tertiary/aromatic N) is 3. The average molecular weight is 323 g/mol. The van der Waals surface area contributed by atoms with E-state index in [9.17, 15) is 0 Å². The van der Waals surface area contributed by atoms with Crippen molar-refractivity contribution in [3.63, 3.8) is 0 Å². The fourth-order valence-electron chi connectivity index (χ4n) is 3.52. The first-order chi connectivity index (χ1) is 11.9. The average Bonchev–Trinajstić information content (AvgIpc) is 3.18. The third-order valence-corrected chi connectivity index (χ3v) is 4.97. The fraction of sp³-hybridized carbons (Fsp3) is 0.450. The van der Waals surface area contributed by atoms with Crippen LogP contribution in [0, 0.1) is 0 Å². The Balaban J connectivity index is 1.42. The molecule has 0 unspecified atom stereocenters. The summed E-state index contributed by atoms with van der Waals surface area (Å²) in [6.45, 7) is 7.05. The van der Waals surface area contributed by atoms with Crippen LogP contribution in [0.25, 0.3) is 11.3 Å². The summed E-state index contributed by atoms with van der Waals surface area (Å²) < 4.78 is 5.40. The Morgan fingerprint density at radius 2 is 1.62 bits per heavy atom. The highest BCUT2D eigenvalue weighted by Gasteiger charge is 2.13. The maximum Gasteiger partial charge on any atom is 0.0702 e. The van der Waals surface area contributed by atoms with Crippen molar-refractivity contribution < 1.29 is 4.74 Å². The Hall–Kier alpha value is -1.91. The number of morpholine rings is 1. The molecule has 0 aliphatic carbocycles. The minimum Gasteiger partial charge on any atom is -0.379 e. The fourth-order valence-corrected chi connectivity index (χ4v) is 3.52. The van der Waals surface area contributed by atoms with E-state index < -0.39 is 0 Å². The third-order valence-electron chi connectivity index (χ3n) is 4.97. The van der Waals surface area contributed by atoms with Crippen molar-refractivity contribution >= 4 is 5.69 Å². The van der Waals surface area contributed by atoms with Crippen molar-refractivity contribution in [2.24, 2.45) is 0 Å². The molecular weight excluding hydrogens is 298 g/mol. The van der Waals surface area contributed by atoms with E-state index >= 15 is 0 Å². The summed E-state index contributed by atoms with van der Waals surface area (Å²) in [6.07, 6.45) is 4.64. The van der Waals surface area contributed by atoms with Crippen molar-refractivity contribution in [2.45, 2.75) is 19.4 Å². The highest BCUT2D eigenvalue weighted by Crippen LogP contribution is 2.24. The highest BCUT2D eigenvalue weighted by atomic mass is 16.5. The Bertz CT molecular complexity index is 642. The van der Waals surface area contributed by atoms with Gasteiger partial charge in [-0.2, -0.15) is 0 Å². The molecule has 0 N–H and O–H groups in total. The van der Waals surface area contributed by atoms with Gasteiger partial charge in [0.15, 0.2) is 0 Å². The number of hydrogen-bond acceptors (Lipinski definition) is 4. The Morgan fingerprint density at radius 3 is 2.29 bits per heavy atom. The van der Waals surface area contributed by atoms with Gasteiger partial charge in [0.25, 0.3) is 0 Å². The van der Waals surface area contributed by atoms with E-state index in [0.717, 1.165) is 38.5 Å². The van der Waals surface area contributed by atoms with Gasteiger partial charge in [0.05, 0.1) is 18.9 Å². The molecule has 126 valence electrons. The van der Waals surface area contributed by atoms with Gasteiger partial charge in [-0.05, 0) is 36.6 Å². The molecule has 3 heterocycles. The number of benzene rings is 1. The predicted molar refractivity (Wildman–Crippen MR) is 97.2 cm³/mol. The Labute approximate surface area is 144 Å². The quantitative estimate of drug-likeness (QED) is 0.864. The van der Waals surface area contributed by atoms with Crippen molar-refractivity contribution in [1.82, 2.24) is 9.88 Å². The predicted octanol–water partition coefficient (Wildman–Crippen LogP) is 3.18. The Morgan fingerprint density at radius 1 is 0.875 bits per heavy atom. The van der Waals surface area contributed by atoms with Crippen LogP contribution in [0.3, 0.4) is 0 Å². The van der Waals surface area contributed by atoms with Gasteiger partial charge >= 0.3 is 0 Å². The van der Waals surface area contributed by atoms with E-state index in [1.54, 1.807) is 0 Å². The molecule has 1 aromatic carbocycles. The zero-order chi connectivity index (χ0) is 16.2. The molecule has 2 aliphatic rings. The molecule has 2 fully saturated rings. The summed E-state index contributed by atoms with van der Waals surface area (Å²) in [4.78, 5) is 9.55. The second kappa shape index (κ2) is 7.32. The van der Waals surface area contributed by atoms with Gasteiger partial charge in [-0.1, -0.05) is 18.2 Å². The maximum absolute atomic E-state index is 5.40. The second-order valence-corrected chi connectivity index (χ2v) is 6.68. The van der Waals surface area contributed by atoms with Crippen LogP contribution in [-0.4, -0.2) is 49.3 Å². The molecule has 1 aromatic heterocycles. The van der Waals surface area contributed by atoms with E-state index in [1.165, 1.54) is 42.7 Å². The lowest BCUT2D eigenvalue weighted by molar-refractivity contribution is 0.0341. The van der Waals surface area contributed by atoms with Crippen LogP contribution in [0.1, 0.15) is 18.4 Å². The molecule has 4 rings (SSSR count). The number of pyridine rings is 1. The first kappa shape index (κ1) is 15.6. The summed E-state index contributed by atoms with van der Waals surface area (Å²) in [6, 6.07) is 13.2. The van der Waals surface area contributed by atoms with Crippen LogP contribution in [0.2, 0.25) is 0 Å². The van der Waals surface area contributed by atoms with Crippen LogP contribution >= 0.6 is 0 Å². The van der Waals surface area contributed by atoms with Crippen LogP contribution in [0.4, 0.5) is 5.69 Å². The zero-order valence-electron chi connectivity index (χ0n) is 14.2. The van der Waals surface area contributed by atoms with E-state index in [-0.39, 0.29) is 0 Å². The molecular formula is C20H25N3O. The van der Waals surface area contributed by atoms with E-state index in [2.05, 4.69) is 51.2 Å². The molecule has 2 saturated heterocycles. The summed E-state index contributed by atoms with van der Waals surface area (Å²) >= 11 is 0. The summed E-state index contributed by atoms with van der Waals surface area (Å²) in [5.41, 5.74) is 4.85. The van der Waals surface area contributed by atoms with Gasteiger partial charge in [0.1, 0.15) is 0 Å². The summed E-state index contributed by atoms with van der Waals surface area (Å²) in [5.74, 6) is 0. The first-order valence-electron chi connectivity index (χ1n) is 8.99. The lowest BCUT2D eigenvalue weighted by Gasteiger charge is -2.26. The maximum atomic E-state index is 5.40. The lowest BCUT2D eigenvalue weighted by Crippen LogP contribution is -2.35. The summed E-state index contributed by atoms with van der Waals surface area (Å²) in [7, 11) is 0. The van der Waals surface area contributed by atoms with Crippen molar-refractivity contribution in [1.29, 1.82) is 0 Å². The molecule has 4 heteroatoms. The van der Waals surface area contributed by atoms with Gasteiger partial charge < -0.3 is 9.64 Å². The third kappa shape index (κ3) is 3.60. The molecule has 2 aliphatic heterocycles. The van der Waals surface area contributed by atoms with E-state index in [0.29, 0.717) is 0 Å². The smallest absolute Gasteiger partial charge is 0.0702 e.